The van der Waals surface area contributed by atoms with E-state index in [1.54, 1.807) is 11.3 Å². The highest BCUT2D eigenvalue weighted by Crippen LogP contribution is 2.27. The first-order valence-corrected chi connectivity index (χ1v) is 8.36. The van der Waals surface area contributed by atoms with Gasteiger partial charge < -0.3 is 5.11 Å². The lowest BCUT2D eigenvalue weighted by molar-refractivity contribution is 0.0706. The lowest BCUT2D eigenvalue weighted by Crippen LogP contribution is -2.45. The summed E-state index contributed by atoms with van der Waals surface area (Å²) < 4.78 is 0. The summed E-state index contributed by atoms with van der Waals surface area (Å²) >= 11 is 7.86. The van der Waals surface area contributed by atoms with Crippen molar-refractivity contribution >= 4 is 22.9 Å². The molecule has 0 aliphatic carbocycles. The molecule has 0 amide bonds. The first-order valence-electron chi connectivity index (χ1n) is 7.10. The van der Waals surface area contributed by atoms with E-state index in [-0.39, 0.29) is 6.10 Å². The molecule has 19 heavy (non-hydrogen) atoms. The molecule has 1 N–H and O–H groups in total. The van der Waals surface area contributed by atoms with Gasteiger partial charge in [0.25, 0.3) is 0 Å². The number of nitrogens with zero attached hydrogens (tertiary/aromatic N) is 2. The molecule has 106 valence electrons. The third-order valence-corrected chi connectivity index (χ3v) is 5.62. The third kappa shape index (κ3) is 3.14. The molecule has 2 fully saturated rings. The maximum atomic E-state index is 10.3. The molecule has 0 spiro atoms. The zero-order chi connectivity index (χ0) is 13.2. The zero-order valence-corrected chi connectivity index (χ0v) is 12.7. The van der Waals surface area contributed by atoms with E-state index in [9.17, 15) is 5.11 Å². The number of thiophene rings is 1. The molecule has 0 bridgehead atoms. The van der Waals surface area contributed by atoms with Crippen LogP contribution in [0.4, 0.5) is 0 Å². The highest BCUT2D eigenvalue weighted by atomic mass is 35.5. The molecule has 1 aromatic heterocycles. The molecule has 2 saturated heterocycles. The predicted molar refractivity (Wildman–Crippen MR) is 79.8 cm³/mol. The zero-order valence-electron chi connectivity index (χ0n) is 11.1. The Labute approximate surface area is 123 Å². The number of β-amino-alcohol motifs (C(OH)–C–C–N with tert-alkyl or cyclic N) is 1. The van der Waals surface area contributed by atoms with Crippen LogP contribution in [0.1, 0.15) is 24.1 Å². The molecule has 5 heteroatoms. The summed E-state index contributed by atoms with van der Waals surface area (Å²) in [5.74, 6) is 0. The summed E-state index contributed by atoms with van der Waals surface area (Å²) in [4.78, 5) is 6.03. The van der Waals surface area contributed by atoms with Crippen molar-refractivity contribution in [2.45, 2.75) is 38.0 Å². The lowest BCUT2D eigenvalue weighted by atomic mass is 10.1. The van der Waals surface area contributed by atoms with Crippen molar-refractivity contribution in [1.29, 1.82) is 0 Å². The van der Waals surface area contributed by atoms with Crippen LogP contribution in [0, 0.1) is 0 Å². The van der Waals surface area contributed by atoms with Gasteiger partial charge >= 0.3 is 0 Å². The molecule has 0 radical (unpaired) electrons. The fourth-order valence-corrected chi connectivity index (χ4v) is 4.36. The number of hydrogen-bond acceptors (Lipinski definition) is 4. The second-order valence-electron chi connectivity index (χ2n) is 5.62. The van der Waals surface area contributed by atoms with E-state index in [0.717, 1.165) is 37.7 Å². The number of hydrogen-bond donors (Lipinski definition) is 1. The van der Waals surface area contributed by atoms with Crippen LogP contribution in [0.3, 0.4) is 0 Å². The van der Waals surface area contributed by atoms with Gasteiger partial charge in [-0.15, -0.1) is 11.3 Å². The molecule has 2 atom stereocenters. The second-order valence-corrected chi connectivity index (χ2v) is 7.02. The van der Waals surface area contributed by atoms with Crippen LogP contribution in [0.25, 0.3) is 0 Å². The van der Waals surface area contributed by atoms with Gasteiger partial charge in [-0.2, -0.15) is 0 Å². The maximum absolute atomic E-state index is 10.3. The average Bonchev–Trinajstić information content (AvgIpc) is 2.98. The van der Waals surface area contributed by atoms with Gasteiger partial charge in [0, 0.05) is 30.6 Å². The molecule has 0 unspecified atom stereocenters. The molecule has 3 rings (SSSR count). The second kappa shape index (κ2) is 6.10. The summed E-state index contributed by atoms with van der Waals surface area (Å²) in [6.45, 7) is 4.91. The van der Waals surface area contributed by atoms with Gasteiger partial charge in [0.2, 0.25) is 0 Å². The standard InChI is InChI=1S/C14H21ClN2OS/c15-11-4-7-19-14(11)10-16-8-12(13(18)9-16)17-5-2-1-3-6-17/h4,7,12-13,18H,1-3,5-6,8-10H2/t12-,13-/m0/s1. The SMILES string of the molecule is O[C@H]1CN(Cc2sccc2Cl)C[C@@H]1N1CCCCC1. The van der Waals surface area contributed by atoms with Crippen LogP contribution in [0.15, 0.2) is 11.4 Å². The normalized spacial score (nSPS) is 30.0. The third-order valence-electron chi connectivity index (χ3n) is 4.25. The van der Waals surface area contributed by atoms with Crippen molar-refractivity contribution in [2.75, 3.05) is 26.2 Å². The van der Waals surface area contributed by atoms with Crippen molar-refractivity contribution in [1.82, 2.24) is 9.80 Å². The topological polar surface area (TPSA) is 26.7 Å². The molecule has 2 aliphatic heterocycles. The van der Waals surface area contributed by atoms with Crippen LogP contribution in [0.2, 0.25) is 5.02 Å². The summed E-state index contributed by atoms with van der Waals surface area (Å²) in [6, 6.07) is 2.27. The van der Waals surface area contributed by atoms with Crippen LogP contribution in [0.5, 0.6) is 0 Å². The van der Waals surface area contributed by atoms with E-state index in [4.69, 9.17) is 11.6 Å². The fourth-order valence-electron chi connectivity index (χ4n) is 3.23. The van der Waals surface area contributed by atoms with E-state index < -0.39 is 0 Å². The summed E-state index contributed by atoms with van der Waals surface area (Å²) in [5.41, 5.74) is 0. The van der Waals surface area contributed by atoms with E-state index in [1.807, 2.05) is 11.4 Å². The van der Waals surface area contributed by atoms with Crippen molar-refractivity contribution in [3.8, 4) is 0 Å². The Kier molecular flexibility index (Phi) is 4.44. The maximum Gasteiger partial charge on any atom is 0.0834 e. The first kappa shape index (κ1) is 13.8. The Morgan fingerprint density at radius 1 is 1.26 bits per heavy atom. The van der Waals surface area contributed by atoms with Gasteiger partial charge in [-0.3, -0.25) is 9.80 Å². The smallest absolute Gasteiger partial charge is 0.0834 e. The Bertz CT molecular complexity index is 419. The number of rotatable bonds is 3. The largest absolute Gasteiger partial charge is 0.390 e. The minimum absolute atomic E-state index is 0.211. The van der Waals surface area contributed by atoms with Crippen molar-refractivity contribution < 1.29 is 5.11 Å². The monoisotopic (exact) mass is 300 g/mol. The molecular formula is C14H21ClN2OS. The van der Waals surface area contributed by atoms with Crippen LogP contribution >= 0.6 is 22.9 Å². The number of aliphatic hydroxyl groups is 1. The van der Waals surface area contributed by atoms with Crippen molar-refractivity contribution in [3.05, 3.63) is 21.3 Å². The number of aliphatic hydroxyl groups excluding tert-OH is 1. The Morgan fingerprint density at radius 2 is 2.05 bits per heavy atom. The van der Waals surface area contributed by atoms with Gasteiger partial charge in [0.05, 0.1) is 11.1 Å². The molecule has 0 aromatic carbocycles. The molecular weight excluding hydrogens is 280 g/mol. The number of halogens is 1. The minimum Gasteiger partial charge on any atom is -0.390 e. The van der Waals surface area contributed by atoms with E-state index >= 15 is 0 Å². The fraction of sp³-hybridized carbons (Fsp3) is 0.714. The summed E-state index contributed by atoms with van der Waals surface area (Å²) in [5, 5.41) is 13.2. The van der Waals surface area contributed by atoms with Gasteiger partial charge in [-0.25, -0.2) is 0 Å². The van der Waals surface area contributed by atoms with Crippen LogP contribution < -0.4 is 0 Å². The average molecular weight is 301 g/mol. The summed E-state index contributed by atoms with van der Waals surface area (Å²) in [6.07, 6.45) is 3.69. The van der Waals surface area contributed by atoms with E-state index in [2.05, 4.69) is 9.80 Å². The summed E-state index contributed by atoms with van der Waals surface area (Å²) in [7, 11) is 0. The highest BCUT2D eigenvalue weighted by molar-refractivity contribution is 7.10. The predicted octanol–water partition coefficient (Wildman–Crippen LogP) is 2.43. The molecule has 2 aliphatic rings. The van der Waals surface area contributed by atoms with Crippen molar-refractivity contribution in [3.63, 3.8) is 0 Å². The van der Waals surface area contributed by atoms with Gasteiger partial charge in [-0.1, -0.05) is 18.0 Å². The quantitative estimate of drug-likeness (QED) is 0.929. The Balaban J connectivity index is 1.59. The van der Waals surface area contributed by atoms with Gasteiger partial charge in [0.1, 0.15) is 0 Å². The number of piperidine rings is 1. The molecule has 0 saturated carbocycles. The Hall–Kier alpha value is -0.130. The highest BCUT2D eigenvalue weighted by Gasteiger charge is 2.35. The van der Waals surface area contributed by atoms with Crippen molar-refractivity contribution in [2.24, 2.45) is 0 Å². The number of likely N-dealkylation sites (tertiary alicyclic amines) is 2. The molecule has 3 nitrogen and oxygen atoms in total. The lowest BCUT2D eigenvalue weighted by Gasteiger charge is -2.33. The molecule has 1 aromatic rings. The van der Waals surface area contributed by atoms with Gasteiger partial charge in [-0.05, 0) is 37.4 Å². The van der Waals surface area contributed by atoms with Crippen LogP contribution in [-0.2, 0) is 6.54 Å². The van der Waals surface area contributed by atoms with E-state index in [0.29, 0.717) is 6.04 Å². The Morgan fingerprint density at radius 3 is 2.74 bits per heavy atom. The van der Waals surface area contributed by atoms with Gasteiger partial charge in [0.15, 0.2) is 0 Å². The van der Waals surface area contributed by atoms with Crippen LogP contribution in [-0.4, -0.2) is 53.2 Å². The minimum atomic E-state index is -0.211. The molecule has 3 heterocycles. The first-order chi connectivity index (χ1) is 9.24. The van der Waals surface area contributed by atoms with E-state index in [1.165, 1.54) is 24.1 Å².